The summed E-state index contributed by atoms with van der Waals surface area (Å²) < 4.78 is 0.900. The van der Waals surface area contributed by atoms with E-state index in [2.05, 4.69) is 21.4 Å². The highest BCUT2D eigenvalue weighted by Gasteiger charge is 2.18. The molecule has 0 saturated carbocycles. The van der Waals surface area contributed by atoms with Crippen LogP contribution in [0.2, 0.25) is 0 Å². The average Bonchev–Trinajstić information content (AvgIpc) is 2.59. The van der Waals surface area contributed by atoms with Crippen molar-refractivity contribution in [3.05, 3.63) is 70.2 Å². The predicted molar refractivity (Wildman–Crippen MR) is 94.0 cm³/mol. The zero-order chi connectivity index (χ0) is 16.7. The Labute approximate surface area is 144 Å². The molecule has 0 aliphatic rings. The van der Waals surface area contributed by atoms with Crippen LogP contribution in [0.15, 0.2) is 59.1 Å². The van der Waals surface area contributed by atoms with Gasteiger partial charge < -0.3 is 0 Å². The third kappa shape index (κ3) is 4.93. The minimum atomic E-state index is -0.294. The second kappa shape index (κ2) is 8.48. The van der Waals surface area contributed by atoms with Gasteiger partial charge in [-0.2, -0.15) is 0 Å². The highest BCUT2D eigenvalue weighted by Crippen LogP contribution is 2.11. The van der Waals surface area contributed by atoms with Crippen LogP contribution < -0.4 is 5.43 Å². The summed E-state index contributed by atoms with van der Waals surface area (Å²) in [6, 6.07) is 16.0. The molecule has 0 heterocycles. The van der Waals surface area contributed by atoms with Crippen molar-refractivity contribution in [2.75, 3.05) is 6.54 Å². The van der Waals surface area contributed by atoms with Gasteiger partial charge >= 0.3 is 0 Å². The minimum Gasteiger partial charge on any atom is -0.267 e. The lowest BCUT2D eigenvalue weighted by Crippen LogP contribution is -2.46. The smallest absolute Gasteiger partial charge is 0.267 e. The highest BCUT2D eigenvalue weighted by molar-refractivity contribution is 9.10. The van der Waals surface area contributed by atoms with Crippen LogP contribution in [-0.4, -0.2) is 23.4 Å². The molecule has 0 fully saturated rings. The van der Waals surface area contributed by atoms with Gasteiger partial charge in [0, 0.05) is 22.1 Å². The molecule has 0 unspecified atom stereocenters. The van der Waals surface area contributed by atoms with Crippen molar-refractivity contribution >= 4 is 27.7 Å². The lowest BCUT2D eigenvalue weighted by atomic mass is 10.2. The number of hydrogen-bond acceptors (Lipinski definition) is 2. The number of rotatable bonds is 5. The molecule has 0 radical (unpaired) electrons. The van der Waals surface area contributed by atoms with Crippen LogP contribution in [0.1, 0.15) is 40.5 Å². The Morgan fingerprint density at radius 2 is 1.65 bits per heavy atom. The number of nitrogens with zero attached hydrogens (tertiary/aromatic N) is 1. The molecule has 2 rings (SSSR count). The van der Waals surface area contributed by atoms with E-state index in [-0.39, 0.29) is 11.8 Å². The van der Waals surface area contributed by atoms with E-state index in [9.17, 15) is 9.59 Å². The fourth-order valence-corrected chi connectivity index (χ4v) is 2.31. The molecule has 2 amide bonds. The van der Waals surface area contributed by atoms with Gasteiger partial charge in [-0.1, -0.05) is 47.5 Å². The maximum atomic E-state index is 12.6. The summed E-state index contributed by atoms with van der Waals surface area (Å²) in [5.41, 5.74) is 3.78. The first-order valence-electron chi connectivity index (χ1n) is 7.55. The summed E-state index contributed by atoms with van der Waals surface area (Å²) in [7, 11) is 0. The third-order valence-corrected chi connectivity index (χ3v) is 3.87. The Morgan fingerprint density at radius 1 is 1.00 bits per heavy atom. The Bertz CT molecular complexity index is 656. The highest BCUT2D eigenvalue weighted by atomic mass is 79.9. The van der Waals surface area contributed by atoms with Crippen molar-refractivity contribution in [1.29, 1.82) is 0 Å². The lowest BCUT2D eigenvalue weighted by molar-refractivity contribution is 0.0580. The van der Waals surface area contributed by atoms with E-state index in [1.165, 1.54) is 5.01 Å². The molecule has 0 aromatic heterocycles. The lowest BCUT2D eigenvalue weighted by Gasteiger charge is -2.23. The number of hydrazine groups is 1. The number of nitrogens with one attached hydrogen (secondary N) is 1. The van der Waals surface area contributed by atoms with Crippen molar-refractivity contribution in [3.8, 4) is 0 Å². The van der Waals surface area contributed by atoms with Gasteiger partial charge in [0.1, 0.15) is 0 Å². The number of amides is 2. The fraction of sp³-hybridized carbons (Fsp3) is 0.222. The quantitative estimate of drug-likeness (QED) is 0.802. The van der Waals surface area contributed by atoms with E-state index < -0.39 is 0 Å². The number of carbonyl (C=O) groups is 2. The molecule has 23 heavy (non-hydrogen) atoms. The SMILES string of the molecule is CCCCN(NC(=O)c1ccc(Br)cc1)C(=O)c1ccccc1. The maximum Gasteiger partial charge on any atom is 0.272 e. The minimum absolute atomic E-state index is 0.204. The van der Waals surface area contributed by atoms with Crippen LogP contribution in [0.4, 0.5) is 0 Å². The number of halogens is 1. The second-order valence-corrected chi connectivity index (χ2v) is 6.04. The Kier molecular flexibility index (Phi) is 6.35. The summed E-state index contributed by atoms with van der Waals surface area (Å²) in [5.74, 6) is -0.498. The van der Waals surface area contributed by atoms with Crippen LogP contribution in [0, 0.1) is 0 Å². The second-order valence-electron chi connectivity index (χ2n) is 5.12. The van der Waals surface area contributed by atoms with Crippen LogP contribution in [0.5, 0.6) is 0 Å². The summed E-state index contributed by atoms with van der Waals surface area (Å²) in [6.45, 7) is 2.52. The molecular weight excluding hydrogens is 356 g/mol. The third-order valence-electron chi connectivity index (χ3n) is 3.34. The molecule has 0 bridgehead atoms. The summed E-state index contributed by atoms with van der Waals surface area (Å²) in [4.78, 5) is 24.9. The number of carbonyl (C=O) groups excluding carboxylic acids is 2. The van der Waals surface area contributed by atoms with Gasteiger partial charge in [0.15, 0.2) is 0 Å². The molecule has 2 aromatic carbocycles. The van der Waals surface area contributed by atoms with Gasteiger partial charge in [-0.15, -0.1) is 0 Å². The fourth-order valence-electron chi connectivity index (χ4n) is 2.05. The average molecular weight is 375 g/mol. The molecule has 2 aromatic rings. The van der Waals surface area contributed by atoms with Crippen molar-refractivity contribution in [2.45, 2.75) is 19.8 Å². The van der Waals surface area contributed by atoms with Gasteiger partial charge in [-0.3, -0.25) is 15.0 Å². The Hall–Kier alpha value is -2.14. The molecular formula is C18H19BrN2O2. The van der Waals surface area contributed by atoms with Crippen molar-refractivity contribution in [1.82, 2.24) is 10.4 Å². The van der Waals surface area contributed by atoms with Crippen molar-refractivity contribution < 1.29 is 9.59 Å². The Morgan fingerprint density at radius 3 is 2.26 bits per heavy atom. The topological polar surface area (TPSA) is 49.4 Å². The summed E-state index contributed by atoms with van der Waals surface area (Å²) in [5, 5.41) is 1.39. The maximum absolute atomic E-state index is 12.6. The predicted octanol–water partition coefficient (Wildman–Crippen LogP) is 4.04. The van der Waals surface area contributed by atoms with E-state index in [1.54, 1.807) is 36.4 Å². The number of hydrogen-bond donors (Lipinski definition) is 1. The molecule has 5 heteroatoms. The zero-order valence-corrected chi connectivity index (χ0v) is 14.5. The van der Waals surface area contributed by atoms with E-state index >= 15 is 0 Å². The normalized spacial score (nSPS) is 10.2. The molecule has 0 aliphatic heterocycles. The van der Waals surface area contributed by atoms with E-state index in [4.69, 9.17) is 0 Å². The number of unbranched alkanes of at least 4 members (excludes halogenated alkanes) is 1. The van der Waals surface area contributed by atoms with E-state index in [0.717, 1.165) is 17.3 Å². The van der Waals surface area contributed by atoms with Gasteiger partial charge in [-0.25, -0.2) is 5.01 Å². The van der Waals surface area contributed by atoms with Gasteiger partial charge in [0.2, 0.25) is 0 Å². The van der Waals surface area contributed by atoms with Crippen LogP contribution in [-0.2, 0) is 0 Å². The Balaban J connectivity index is 2.13. The van der Waals surface area contributed by atoms with Crippen molar-refractivity contribution in [3.63, 3.8) is 0 Å². The molecule has 1 N–H and O–H groups in total. The molecule has 0 aliphatic carbocycles. The molecule has 0 atom stereocenters. The van der Waals surface area contributed by atoms with Gasteiger partial charge in [0.25, 0.3) is 11.8 Å². The van der Waals surface area contributed by atoms with Crippen LogP contribution in [0.25, 0.3) is 0 Å². The largest absolute Gasteiger partial charge is 0.272 e. The first kappa shape index (κ1) is 17.2. The molecule has 120 valence electrons. The summed E-state index contributed by atoms with van der Waals surface area (Å²) >= 11 is 3.34. The summed E-state index contributed by atoms with van der Waals surface area (Å²) in [6.07, 6.45) is 1.76. The van der Waals surface area contributed by atoms with E-state index in [1.807, 2.05) is 25.1 Å². The van der Waals surface area contributed by atoms with Gasteiger partial charge in [-0.05, 0) is 42.8 Å². The van der Waals surface area contributed by atoms with Crippen LogP contribution in [0.3, 0.4) is 0 Å². The van der Waals surface area contributed by atoms with Crippen molar-refractivity contribution in [2.24, 2.45) is 0 Å². The molecule has 0 saturated heterocycles. The van der Waals surface area contributed by atoms with Gasteiger partial charge in [0.05, 0.1) is 0 Å². The zero-order valence-electron chi connectivity index (χ0n) is 13.0. The molecule has 4 nitrogen and oxygen atoms in total. The standard InChI is InChI=1S/C18H19BrN2O2/c1-2-3-13-21(18(23)15-7-5-4-6-8-15)20-17(22)14-9-11-16(19)12-10-14/h4-12H,2-3,13H2,1H3,(H,20,22). The first-order chi connectivity index (χ1) is 11.1. The molecule has 0 spiro atoms. The van der Waals surface area contributed by atoms with E-state index in [0.29, 0.717) is 17.7 Å². The monoisotopic (exact) mass is 374 g/mol. The van der Waals surface area contributed by atoms with Crippen LogP contribution >= 0.6 is 15.9 Å². The number of benzene rings is 2. The first-order valence-corrected chi connectivity index (χ1v) is 8.34.